The number of ether oxygens (including phenoxy) is 2. The van der Waals surface area contributed by atoms with Crippen LogP contribution < -0.4 is 20.7 Å². The van der Waals surface area contributed by atoms with Crippen LogP contribution in [0.15, 0.2) is 30.3 Å². The molecule has 4 rings (SSSR count). The molecule has 2 aromatic rings. The van der Waals surface area contributed by atoms with Gasteiger partial charge in [-0.05, 0) is 25.5 Å². The minimum absolute atomic E-state index is 0.175. The molecule has 31 heavy (non-hydrogen) atoms. The van der Waals surface area contributed by atoms with Crippen LogP contribution in [0.1, 0.15) is 13.3 Å². The van der Waals surface area contributed by atoms with Crippen LogP contribution in [0.2, 0.25) is 0 Å². The Morgan fingerprint density at radius 3 is 2.90 bits per heavy atom. The van der Waals surface area contributed by atoms with E-state index in [1.54, 1.807) is 37.3 Å². The van der Waals surface area contributed by atoms with E-state index in [2.05, 4.69) is 10.3 Å². The smallest absolute Gasteiger partial charge is 0.284 e. The maximum atomic E-state index is 13.5. The van der Waals surface area contributed by atoms with Crippen molar-refractivity contribution in [3.05, 3.63) is 30.3 Å². The Hall–Kier alpha value is -3.59. The molecule has 11 heteroatoms. The molecule has 0 spiro atoms. The van der Waals surface area contributed by atoms with Gasteiger partial charge in [0.1, 0.15) is 30.3 Å². The van der Waals surface area contributed by atoms with Crippen molar-refractivity contribution in [3.63, 3.8) is 0 Å². The van der Waals surface area contributed by atoms with E-state index in [0.29, 0.717) is 42.4 Å². The number of carbonyl (C=O) groups is 1. The Bertz CT molecular complexity index is 1050. The van der Waals surface area contributed by atoms with Gasteiger partial charge in [-0.1, -0.05) is 0 Å². The lowest BCUT2D eigenvalue weighted by molar-refractivity contribution is -0.118. The first-order valence-corrected chi connectivity index (χ1v) is 9.74. The summed E-state index contributed by atoms with van der Waals surface area (Å²) in [6, 6.07) is 3.35. The standard InChI is InChI=1S/C20H21F2N5O4/c1-11(19(23)29)24-12-3-4-13-15(7-12)30-6-2-5-26-8-16(25-20(13)26)27-14(18(21)22)10-31-17(27)9-28/h3-4,7-8,11,14,18,24H,2,5-6,10H2,1H3,(H2,23,29)/t11-,14-/m0/s1. The minimum Gasteiger partial charge on any atom is -0.493 e. The average Bonchev–Trinajstić information content (AvgIpc) is 3.33. The number of carbonyl (C=O) groups excluding carboxylic acids is 2. The number of aryl methyl sites for hydroxylation is 1. The van der Waals surface area contributed by atoms with Crippen LogP contribution in [0.3, 0.4) is 0 Å². The number of primary amides is 1. The molecule has 0 unspecified atom stereocenters. The zero-order valence-corrected chi connectivity index (χ0v) is 16.7. The SMILES string of the molecule is C[C@H](Nc1ccc2c(c1)OCCCn1cc(N3C(=C=O)OC[C@H]3C(F)F)nc1-2)C(N)=O. The van der Waals surface area contributed by atoms with Gasteiger partial charge in [0.05, 0.1) is 12.2 Å². The van der Waals surface area contributed by atoms with E-state index in [1.807, 2.05) is 4.57 Å². The lowest BCUT2D eigenvalue weighted by atomic mass is 10.1. The van der Waals surface area contributed by atoms with Gasteiger partial charge in [-0.3, -0.25) is 9.69 Å². The topological polar surface area (TPSA) is 112 Å². The van der Waals surface area contributed by atoms with Gasteiger partial charge >= 0.3 is 0 Å². The van der Waals surface area contributed by atoms with E-state index in [4.69, 9.17) is 15.2 Å². The Labute approximate surface area is 176 Å². The molecule has 1 amide bonds. The molecular weight excluding hydrogens is 412 g/mol. The number of halogens is 2. The van der Waals surface area contributed by atoms with Gasteiger partial charge in [-0.2, -0.15) is 0 Å². The third-order valence-corrected chi connectivity index (χ3v) is 5.16. The summed E-state index contributed by atoms with van der Waals surface area (Å²) in [4.78, 5) is 28.2. The lowest BCUT2D eigenvalue weighted by Crippen LogP contribution is -2.36. The number of nitrogens with zero attached hydrogens (tertiary/aromatic N) is 3. The fraction of sp³-hybridized carbons (Fsp3) is 0.400. The maximum absolute atomic E-state index is 13.5. The number of fused-ring (bicyclic) bond motifs is 3. The summed E-state index contributed by atoms with van der Waals surface area (Å²) < 4.78 is 39.8. The van der Waals surface area contributed by atoms with Crippen molar-refractivity contribution in [2.75, 3.05) is 23.4 Å². The molecule has 1 aromatic carbocycles. The number of imidazole rings is 1. The first-order valence-electron chi connectivity index (χ1n) is 9.74. The molecule has 9 nitrogen and oxygen atoms in total. The summed E-state index contributed by atoms with van der Waals surface area (Å²) in [5, 5.41) is 3.00. The molecule has 164 valence electrons. The lowest BCUT2D eigenvalue weighted by Gasteiger charge is -2.19. The summed E-state index contributed by atoms with van der Waals surface area (Å²) in [6.07, 6.45) is -0.456. The summed E-state index contributed by atoms with van der Waals surface area (Å²) >= 11 is 0. The van der Waals surface area contributed by atoms with Gasteiger partial charge < -0.3 is 25.1 Å². The van der Waals surface area contributed by atoms with Gasteiger partial charge in [-0.25, -0.2) is 18.6 Å². The van der Waals surface area contributed by atoms with Gasteiger partial charge in [0, 0.05) is 24.5 Å². The van der Waals surface area contributed by atoms with Crippen LogP contribution in [-0.4, -0.2) is 53.1 Å². The Balaban J connectivity index is 1.73. The summed E-state index contributed by atoms with van der Waals surface area (Å²) in [6.45, 7) is 2.31. The van der Waals surface area contributed by atoms with Crippen LogP contribution in [0, 0.1) is 0 Å². The molecule has 2 aliphatic rings. The van der Waals surface area contributed by atoms with Gasteiger partial charge in [-0.15, -0.1) is 0 Å². The van der Waals surface area contributed by atoms with Crippen molar-refractivity contribution >= 4 is 23.4 Å². The molecule has 2 aliphatic heterocycles. The van der Waals surface area contributed by atoms with Crippen LogP contribution in [-0.2, 0) is 20.9 Å². The molecular formula is C20H21F2N5O4. The van der Waals surface area contributed by atoms with E-state index in [1.165, 1.54) is 0 Å². The molecule has 0 radical (unpaired) electrons. The summed E-state index contributed by atoms with van der Waals surface area (Å²) in [5.74, 6) is 1.97. The van der Waals surface area contributed by atoms with E-state index in [-0.39, 0.29) is 18.3 Å². The van der Waals surface area contributed by atoms with Crippen molar-refractivity contribution in [2.24, 2.45) is 5.73 Å². The Morgan fingerprint density at radius 1 is 1.39 bits per heavy atom. The number of amides is 1. The van der Waals surface area contributed by atoms with Crippen molar-refractivity contribution in [1.29, 1.82) is 0 Å². The van der Waals surface area contributed by atoms with E-state index in [9.17, 15) is 18.4 Å². The number of alkyl halides is 2. The fourth-order valence-corrected chi connectivity index (χ4v) is 3.55. The molecule has 1 fully saturated rings. The number of rotatable bonds is 5. The number of nitrogens with two attached hydrogens (primary N) is 1. The highest BCUT2D eigenvalue weighted by Gasteiger charge is 2.40. The van der Waals surface area contributed by atoms with E-state index in [0.717, 1.165) is 4.90 Å². The number of anilines is 2. The van der Waals surface area contributed by atoms with Crippen molar-refractivity contribution in [2.45, 2.75) is 38.4 Å². The first kappa shape index (κ1) is 20.7. The highest BCUT2D eigenvalue weighted by molar-refractivity contribution is 5.83. The second-order valence-electron chi connectivity index (χ2n) is 7.29. The van der Waals surface area contributed by atoms with Crippen molar-refractivity contribution < 1.29 is 27.8 Å². The quantitative estimate of drug-likeness (QED) is 0.691. The molecule has 1 aromatic heterocycles. The molecule has 3 heterocycles. The van der Waals surface area contributed by atoms with Gasteiger partial charge in [0.15, 0.2) is 11.8 Å². The molecule has 3 N–H and O–H groups in total. The predicted octanol–water partition coefficient (Wildman–Crippen LogP) is 1.76. The van der Waals surface area contributed by atoms with Crippen molar-refractivity contribution in [3.8, 4) is 17.1 Å². The number of hydrogen-bond donors (Lipinski definition) is 2. The van der Waals surface area contributed by atoms with E-state index < -0.39 is 24.4 Å². The summed E-state index contributed by atoms with van der Waals surface area (Å²) in [7, 11) is 0. The van der Waals surface area contributed by atoms with Gasteiger partial charge in [0.2, 0.25) is 5.91 Å². The first-order chi connectivity index (χ1) is 14.9. The largest absolute Gasteiger partial charge is 0.493 e. The number of hydrogen-bond acceptors (Lipinski definition) is 7. The highest BCUT2D eigenvalue weighted by atomic mass is 19.3. The molecule has 1 saturated heterocycles. The Morgan fingerprint density at radius 2 is 2.19 bits per heavy atom. The Kier molecular flexibility index (Phi) is 5.51. The van der Waals surface area contributed by atoms with Crippen LogP contribution in [0.25, 0.3) is 11.4 Å². The zero-order valence-electron chi connectivity index (χ0n) is 16.7. The maximum Gasteiger partial charge on any atom is 0.284 e. The van der Waals surface area contributed by atoms with Crippen LogP contribution >= 0.6 is 0 Å². The number of aromatic nitrogens is 2. The predicted molar refractivity (Wildman–Crippen MR) is 107 cm³/mol. The highest BCUT2D eigenvalue weighted by Crippen LogP contribution is 2.37. The average molecular weight is 433 g/mol. The summed E-state index contributed by atoms with van der Waals surface area (Å²) in [5.41, 5.74) is 6.59. The van der Waals surface area contributed by atoms with Crippen LogP contribution in [0.4, 0.5) is 20.3 Å². The fourth-order valence-electron chi connectivity index (χ4n) is 3.55. The number of benzene rings is 1. The molecule has 0 saturated carbocycles. The normalized spacial score (nSPS) is 18.8. The second kappa shape index (κ2) is 8.27. The number of nitrogens with one attached hydrogen (secondary N) is 1. The van der Waals surface area contributed by atoms with E-state index >= 15 is 0 Å². The third kappa shape index (κ3) is 3.91. The van der Waals surface area contributed by atoms with Gasteiger partial charge in [0.25, 0.3) is 12.3 Å². The molecule has 0 aliphatic carbocycles. The zero-order chi connectivity index (χ0) is 22.1. The third-order valence-electron chi connectivity index (χ3n) is 5.16. The van der Waals surface area contributed by atoms with Crippen molar-refractivity contribution in [1.82, 2.24) is 9.55 Å². The monoisotopic (exact) mass is 433 g/mol. The minimum atomic E-state index is -2.73. The van der Waals surface area contributed by atoms with Crippen LogP contribution in [0.5, 0.6) is 5.75 Å². The molecule has 2 atom stereocenters. The molecule has 0 bridgehead atoms. The second-order valence-corrected chi connectivity index (χ2v) is 7.29.